The SMILES string of the molecule is CCOC(=O)C(C)(C)c1cc(-c2ccc(C(F)(F)F)cc2CN(CC)C(=O)C2CC2)cc(C(F)(F)F)c1. The van der Waals surface area contributed by atoms with Crippen molar-refractivity contribution in [2.45, 2.75) is 64.8 Å². The number of carbonyl (C=O) groups excluding carboxylic acids is 2. The van der Waals surface area contributed by atoms with Gasteiger partial charge < -0.3 is 9.64 Å². The second kappa shape index (κ2) is 10.4. The van der Waals surface area contributed by atoms with Crippen molar-refractivity contribution < 1.29 is 40.7 Å². The van der Waals surface area contributed by atoms with E-state index in [0.29, 0.717) is 12.8 Å². The van der Waals surface area contributed by atoms with Crippen molar-refractivity contribution >= 4 is 11.9 Å². The summed E-state index contributed by atoms with van der Waals surface area (Å²) in [5, 5.41) is 0. The number of carbonyl (C=O) groups is 2. The van der Waals surface area contributed by atoms with E-state index in [4.69, 9.17) is 4.74 Å². The largest absolute Gasteiger partial charge is 0.465 e. The first kappa shape index (κ1) is 28.5. The van der Waals surface area contributed by atoms with Crippen molar-refractivity contribution in [1.29, 1.82) is 0 Å². The van der Waals surface area contributed by atoms with E-state index in [1.807, 2.05) is 0 Å². The van der Waals surface area contributed by atoms with E-state index in [1.165, 1.54) is 24.8 Å². The minimum Gasteiger partial charge on any atom is -0.465 e. The molecule has 0 aromatic heterocycles. The fraction of sp³-hybridized carbons (Fsp3) is 0.481. The van der Waals surface area contributed by atoms with Gasteiger partial charge in [-0.1, -0.05) is 6.07 Å². The highest BCUT2D eigenvalue weighted by Gasteiger charge is 2.38. The van der Waals surface area contributed by atoms with E-state index >= 15 is 0 Å². The summed E-state index contributed by atoms with van der Waals surface area (Å²) in [4.78, 5) is 26.6. The number of amides is 1. The summed E-state index contributed by atoms with van der Waals surface area (Å²) in [6, 6.07) is 5.83. The van der Waals surface area contributed by atoms with Gasteiger partial charge in [0.1, 0.15) is 0 Å². The molecule has 4 nitrogen and oxygen atoms in total. The van der Waals surface area contributed by atoms with Crippen molar-refractivity contribution in [3.63, 3.8) is 0 Å². The van der Waals surface area contributed by atoms with Gasteiger partial charge in [-0.15, -0.1) is 0 Å². The van der Waals surface area contributed by atoms with Crippen LogP contribution in [0.15, 0.2) is 36.4 Å². The molecule has 0 bridgehead atoms. The lowest BCUT2D eigenvalue weighted by atomic mass is 9.81. The average Bonchev–Trinajstić information content (AvgIpc) is 3.66. The summed E-state index contributed by atoms with van der Waals surface area (Å²) in [5.74, 6) is -1.11. The zero-order valence-electron chi connectivity index (χ0n) is 21.0. The molecule has 0 unspecified atom stereocenters. The Hall–Kier alpha value is -3.04. The maximum atomic E-state index is 13.9. The predicted octanol–water partition coefficient (Wildman–Crippen LogP) is 6.99. The highest BCUT2D eigenvalue weighted by molar-refractivity contribution is 5.84. The molecule has 1 fully saturated rings. The van der Waals surface area contributed by atoms with Gasteiger partial charge in [-0.05, 0) is 93.1 Å². The highest BCUT2D eigenvalue weighted by atomic mass is 19.4. The van der Waals surface area contributed by atoms with Crippen molar-refractivity contribution in [3.8, 4) is 11.1 Å². The first-order valence-corrected chi connectivity index (χ1v) is 12.0. The van der Waals surface area contributed by atoms with Gasteiger partial charge in [0.15, 0.2) is 0 Å². The Labute approximate surface area is 211 Å². The maximum Gasteiger partial charge on any atom is 0.416 e. The maximum absolute atomic E-state index is 13.9. The first-order chi connectivity index (χ1) is 17.1. The summed E-state index contributed by atoms with van der Waals surface area (Å²) in [7, 11) is 0. The number of hydrogen-bond acceptors (Lipinski definition) is 3. The van der Waals surface area contributed by atoms with E-state index in [0.717, 1.165) is 30.3 Å². The monoisotopic (exact) mass is 529 g/mol. The Kier molecular flexibility index (Phi) is 8.00. The van der Waals surface area contributed by atoms with E-state index < -0.39 is 34.9 Å². The lowest BCUT2D eigenvalue weighted by Crippen LogP contribution is -2.32. The van der Waals surface area contributed by atoms with Crippen LogP contribution in [0.1, 0.15) is 62.8 Å². The lowest BCUT2D eigenvalue weighted by molar-refractivity contribution is -0.149. The van der Waals surface area contributed by atoms with E-state index in [2.05, 4.69) is 0 Å². The molecule has 0 aliphatic heterocycles. The van der Waals surface area contributed by atoms with Gasteiger partial charge in [0.25, 0.3) is 0 Å². The predicted molar refractivity (Wildman–Crippen MR) is 125 cm³/mol. The molecule has 0 N–H and O–H groups in total. The van der Waals surface area contributed by atoms with E-state index in [1.54, 1.807) is 13.8 Å². The third kappa shape index (κ3) is 6.45. The zero-order valence-corrected chi connectivity index (χ0v) is 21.0. The molecule has 10 heteroatoms. The van der Waals surface area contributed by atoms with Crippen molar-refractivity contribution in [3.05, 3.63) is 58.7 Å². The minimum atomic E-state index is -4.78. The van der Waals surface area contributed by atoms with Crippen LogP contribution in [0, 0.1) is 5.92 Å². The second-order valence-electron chi connectivity index (χ2n) is 9.64. The van der Waals surface area contributed by atoms with Crippen molar-refractivity contribution in [1.82, 2.24) is 4.90 Å². The van der Waals surface area contributed by atoms with E-state index in [9.17, 15) is 35.9 Å². The molecule has 2 aromatic rings. The number of halogens is 6. The number of benzene rings is 2. The third-order valence-corrected chi connectivity index (χ3v) is 6.49. The molecular formula is C27H29F6NO3. The Balaban J connectivity index is 2.21. The van der Waals surface area contributed by atoms with Crippen LogP contribution in [0.2, 0.25) is 0 Å². The Morgan fingerprint density at radius 2 is 1.49 bits per heavy atom. The normalized spacial score (nSPS) is 14.4. The third-order valence-electron chi connectivity index (χ3n) is 6.49. The van der Waals surface area contributed by atoms with Crippen LogP contribution in [0.3, 0.4) is 0 Å². The molecule has 1 aliphatic rings. The molecule has 0 heterocycles. The first-order valence-electron chi connectivity index (χ1n) is 12.0. The standard InChI is InChI=1S/C27H29F6NO3/c1-5-34(23(35)16-7-8-16)15-18-13-19(26(28,29)30)9-10-22(18)17-11-20(14-21(12-17)27(31,32)33)25(3,4)24(36)37-6-2/h9-14,16H,5-8,15H2,1-4H3. The number of alkyl halides is 6. The summed E-state index contributed by atoms with van der Waals surface area (Å²) in [6.45, 7) is 6.17. The topological polar surface area (TPSA) is 46.6 Å². The van der Waals surface area contributed by atoms with Crippen molar-refractivity contribution in [2.75, 3.05) is 13.2 Å². The Bertz CT molecular complexity index is 1170. The smallest absolute Gasteiger partial charge is 0.416 e. The van der Waals surface area contributed by atoms with Gasteiger partial charge in [-0.25, -0.2) is 0 Å². The fourth-order valence-corrected chi connectivity index (χ4v) is 4.06. The zero-order chi connectivity index (χ0) is 27.8. The van der Waals surface area contributed by atoms with Crippen molar-refractivity contribution in [2.24, 2.45) is 5.92 Å². The second-order valence-corrected chi connectivity index (χ2v) is 9.64. The van der Waals surface area contributed by atoms with Crippen LogP contribution in [-0.4, -0.2) is 29.9 Å². The summed E-state index contributed by atoms with van der Waals surface area (Å²) < 4.78 is 87.3. The quantitative estimate of drug-likeness (QED) is 0.274. The molecule has 1 aliphatic carbocycles. The lowest BCUT2D eigenvalue weighted by Gasteiger charge is -2.26. The molecule has 3 rings (SSSR count). The summed E-state index contributed by atoms with van der Waals surface area (Å²) in [6.07, 6.45) is -8.07. The number of hydrogen-bond donors (Lipinski definition) is 0. The molecule has 0 radical (unpaired) electrons. The molecular weight excluding hydrogens is 500 g/mol. The molecule has 1 saturated carbocycles. The van der Waals surface area contributed by atoms with Gasteiger partial charge in [-0.3, -0.25) is 9.59 Å². The van der Waals surface area contributed by atoms with Crippen LogP contribution >= 0.6 is 0 Å². The minimum absolute atomic E-state index is 0.00280. The molecule has 0 spiro atoms. The summed E-state index contributed by atoms with van der Waals surface area (Å²) in [5.41, 5.74) is -3.32. The Morgan fingerprint density at radius 1 is 0.892 bits per heavy atom. The van der Waals surface area contributed by atoms with Crippen LogP contribution < -0.4 is 0 Å². The average molecular weight is 530 g/mol. The van der Waals surface area contributed by atoms with E-state index in [-0.39, 0.29) is 53.8 Å². The van der Waals surface area contributed by atoms with Gasteiger partial charge in [0.2, 0.25) is 5.91 Å². The number of nitrogens with zero attached hydrogens (tertiary/aromatic N) is 1. The molecule has 0 atom stereocenters. The molecule has 202 valence electrons. The molecule has 37 heavy (non-hydrogen) atoms. The Morgan fingerprint density at radius 3 is 2.00 bits per heavy atom. The number of rotatable bonds is 8. The van der Waals surface area contributed by atoms with Gasteiger partial charge in [0.05, 0.1) is 23.1 Å². The van der Waals surface area contributed by atoms with Gasteiger partial charge in [0, 0.05) is 19.0 Å². The van der Waals surface area contributed by atoms with Crippen LogP contribution in [0.25, 0.3) is 11.1 Å². The highest BCUT2D eigenvalue weighted by Crippen LogP contribution is 2.40. The van der Waals surface area contributed by atoms with Crippen LogP contribution in [-0.2, 0) is 38.6 Å². The van der Waals surface area contributed by atoms with Crippen LogP contribution in [0.4, 0.5) is 26.3 Å². The number of esters is 1. The molecule has 2 aromatic carbocycles. The number of ether oxygens (including phenoxy) is 1. The van der Waals surface area contributed by atoms with Gasteiger partial charge in [-0.2, -0.15) is 26.3 Å². The van der Waals surface area contributed by atoms with Crippen LogP contribution in [0.5, 0.6) is 0 Å². The molecule has 1 amide bonds. The fourth-order valence-electron chi connectivity index (χ4n) is 4.06. The van der Waals surface area contributed by atoms with Gasteiger partial charge >= 0.3 is 18.3 Å². The summed E-state index contributed by atoms with van der Waals surface area (Å²) >= 11 is 0. The molecule has 0 saturated heterocycles.